The maximum absolute atomic E-state index is 5.94. The van der Waals surface area contributed by atoms with Gasteiger partial charge in [-0.1, -0.05) is 44.5 Å². The molecular weight excluding hydrogens is 274 g/mol. The summed E-state index contributed by atoms with van der Waals surface area (Å²) in [5.74, 6) is 0. The zero-order valence-electron chi connectivity index (χ0n) is 11.7. The molecule has 0 fully saturated rings. The SMILES string of the molecule is CSc1cc(-c2ccc(Cl)cc2)nc(C(C)(C)C)c1. The second-order valence-electron chi connectivity index (χ2n) is 5.53. The van der Waals surface area contributed by atoms with Gasteiger partial charge in [-0.05, 0) is 30.5 Å². The zero-order valence-corrected chi connectivity index (χ0v) is 13.3. The van der Waals surface area contributed by atoms with Gasteiger partial charge in [-0.15, -0.1) is 11.8 Å². The maximum atomic E-state index is 5.94. The standard InChI is InChI=1S/C16H18ClNS/c1-16(2,3)15-10-13(19-4)9-14(18-15)11-5-7-12(17)8-6-11/h5-10H,1-4H3. The van der Waals surface area contributed by atoms with Crippen molar-refractivity contribution in [3.8, 4) is 11.3 Å². The van der Waals surface area contributed by atoms with Gasteiger partial charge in [-0.2, -0.15) is 0 Å². The van der Waals surface area contributed by atoms with Crippen molar-refractivity contribution in [2.45, 2.75) is 31.1 Å². The monoisotopic (exact) mass is 291 g/mol. The summed E-state index contributed by atoms with van der Waals surface area (Å²) in [4.78, 5) is 6.04. The van der Waals surface area contributed by atoms with Gasteiger partial charge in [0, 0.05) is 26.6 Å². The predicted octanol–water partition coefficient (Wildman–Crippen LogP) is 5.42. The number of halogens is 1. The molecule has 2 aromatic rings. The van der Waals surface area contributed by atoms with Gasteiger partial charge in [-0.3, -0.25) is 4.98 Å². The number of hydrogen-bond acceptors (Lipinski definition) is 2. The van der Waals surface area contributed by atoms with E-state index in [-0.39, 0.29) is 5.41 Å². The summed E-state index contributed by atoms with van der Waals surface area (Å²) in [5, 5.41) is 0.751. The van der Waals surface area contributed by atoms with E-state index in [9.17, 15) is 0 Å². The zero-order chi connectivity index (χ0) is 14.0. The van der Waals surface area contributed by atoms with Crippen molar-refractivity contribution in [3.05, 3.63) is 47.1 Å². The molecule has 0 atom stereocenters. The summed E-state index contributed by atoms with van der Waals surface area (Å²) >= 11 is 7.68. The van der Waals surface area contributed by atoms with Crippen molar-refractivity contribution in [2.24, 2.45) is 0 Å². The Morgan fingerprint density at radius 2 is 1.68 bits per heavy atom. The van der Waals surface area contributed by atoms with Gasteiger partial charge in [0.15, 0.2) is 0 Å². The summed E-state index contributed by atoms with van der Waals surface area (Å²) in [6, 6.07) is 12.1. The molecule has 1 nitrogen and oxygen atoms in total. The van der Waals surface area contributed by atoms with E-state index in [1.807, 2.05) is 24.3 Å². The Kier molecular flexibility index (Phi) is 4.22. The van der Waals surface area contributed by atoms with Crippen molar-refractivity contribution in [2.75, 3.05) is 6.26 Å². The molecule has 0 spiro atoms. The molecule has 0 saturated heterocycles. The summed E-state index contributed by atoms with van der Waals surface area (Å²) in [6.45, 7) is 6.56. The molecule has 0 radical (unpaired) electrons. The van der Waals surface area contributed by atoms with Gasteiger partial charge in [-0.25, -0.2) is 0 Å². The van der Waals surface area contributed by atoms with Crippen molar-refractivity contribution >= 4 is 23.4 Å². The molecule has 19 heavy (non-hydrogen) atoms. The first kappa shape index (κ1) is 14.4. The molecule has 0 bridgehead atoms. The maximum Gasteiger partial charge on any atom is 0.0716 e. The van der Waals surface area contributed by atoms with Crippen LogP contribution in [0.1, 0.15) is 26.5 Å². The number of hydrogen-bond donors (Lipinski definition) is 0. The lowest BCUT2D eigenvalue weighted by molar-refractivity contribution is 0.568. The van der Waals surface area contributed by atoms with Crippen LogP contribution in [0.4, 0.5) is 0 Å². The summed E-state index contributed by atoms with van der Waals surface area (Å²) in [6.07, 6.45) is 2.09. The molecule has 3 heteroatoms. The molecule has 1 aromatic carbocycles. The van der Waals surface area contributed by atoms with E-state index in [0.29, 0.717) is 0 Å². The summed E-state index contributed by atoms with van der Waals surface area (Å²) < 4.78 is 0. The van der Waals surface area contributed by atoms with Crippen LogP contribution in [0.2, 0.25) is 5.02 Å². The first-order valence-corrected chi connectivity index (χ1v) is 7.83. The Bertz CT molecular complexity index is 570. The van der Waals surface area contributed by atoms with E-state index in [4.69, 9.17) is 16.6 Å². The lowest BCUT2D eigenvalue weighted by Gasteiger charge is -2.19. The largest absolute Gasteiger partial charge is 0.252 e. The van der Waals surface area contributed by atoms with Crippen LogP contribution in [0.3, 0.4) is 0 Å². The number of pyridine rings is 1. The van der Waals surface area contributed by atoms with Gasteiger partial charge < -0.3 is 0 Å². The third-order valence-electron chi connectivity index (χ3n) is 2.94. The number of aromatic nitrogens is 1. The molecule has 2 rings (SSSR count). The Morgan fingerprint density at radius 1 is 1.05 bits per heavy atom. The van der Waals surface area contributed by atoms with E-state index in [1.165, 1.54) is 4.90 Å². The van der Waals surface area contributed by atoms with Crippen molar-refractivity contribution in [3.63, 3.8) is 0 Å². The molecule has 1 aromatic heterocycles. The van der Waals surface area contributed by atoms with Crippen LogP contribution in [0, 0.1) is 0 Å². The molecule has 0 N–H and O–H groups in total. The Morgan fingerprint density at radius 3 is 2.21 bits per heavy atom. The van der Waals surface area contributed by atoms with Gasteiger partial charge in [0.1, 0.15) is 0 Å². The number of thioether (sulfide) groups is 1. The van der Waals surface area contributed by atoms with Gasteiger partial charge in [0.05, 0.1) is 5.69 Å². The minimum absolute atomic E-state index is 0.0485. The van der Waals surface area contributed by atoms with Crippen LogP contribution in [0.15, 0.2) is 41.3 Å². The average molecular weight is 292 g/mol. The third kappa shape index (κ3) is 3.52. The molecule has 0 aliphatic carbocycles. The van der Waals surface area contributed by atoms with Crippen LogP contribution >= 0.6 is 23.4 Å². The van der Waals surface area contributed by atoms with Gasteiger partial charge in [0.2, 0.25) is 0 Å². The second kappa shape index (κ2) is 5.56. The molecular formula is C16H18ClNS. The van der Waals surface area contributed by atoms with Crippen LogP contribution in [-0.2, 0) is 5.41 Å². The highest BCUT2D eigenvalue weighted by Crippen LogP contribution is 2.29. The highest BCUT2D eigenvalue weighted by molar-refractivity contribution is 7.98. The normalized spacial score (nSPS) is 11.6. The lowest BCUT2D eigenvalue weighted by Crippen LogP contribution is -2.14. The van der Waals surface area contributed by atoms with Gasteiger partial charge >= 0.3 is 0 Å². The second-order valence-corrected chi connectivity index (χ2v) is 6.85. The van der Waals surface area contributed by atoms with Crippen LogP contribution < -0.4 is 0 Å². The third-order valence-corrected chi connectivity index (χ3v) is 3.90. The minimum Gasteiger partial charge on any atom is -0.252 e. The molecule has 0 amide bonds. The molecule has 1 heterocycles. The molecule has 0 unspecified atom stereocenters. The Balaban J connectivity index is 2.54. The fourth-order valence-electron chi connectivity index (χ4n) is 1.78. The topological polar surface area (TPSA) is 12.9 Å². The predicted molar refractivity (Wildman–Crippen MR) is 85.2 cm³/mol. The summed E-state index contributed by atoms with van der Waals surface area (Å²) in [7, 11) is 0. The highest BCUT2D eigenvalue weighted by Gasteiger charge is 2.17. The fourth-order valence-corrected chi connectivity index (χ4v) is 2.36. The average Bonchev–Trinajstić information content (AvgIpc) is 2.38. The van der Waals surface area contributed by atoms with E-state index < -0.39 is 0 Å². The molecule has 0 aliphatic heterocycles. The van der Waals surface area contributed by atoms with Crippen molar-refractivity contribution in [1.29, 1.82) is 0 Å². The number of nitrogens with zero attached hydrogens (tertiary/aromatic N) is 1. The first-order chi connectivity index (χ1) is 8.90. The van der Waals surface area contributed by atoms with E-state index in [1.54, 1.807) is 11.8 Å². The Labute approximate surface area is 124 Å². The quantitative estimate of drug-likeness (QED) is 0.685. The molecule has 0 aliphatic rings. The Hall–Kier alpha value is -0.990. The number of rotatable bonds is 2. The van der Waals surface area contributed by atoms with E-state index in [0.717, 1.165) is 22.0 Å². The van der Waals surface area contributed by atoms with Crippen molar-refractivity contribution in [1.82, 2.24) is 4.98 Å². The van der Waals surface area contributed by atoms with Crippen LogP contribution in [0.5, 0.6) is 0 Å². The van der Waals surface area contributed by atoms with Gasteiger partial charge in [0.25, 0.3) is 0 Å². The smallest absolute Gasteiger partial charge is 0.0716 e. The fraction of sp³-hybridized carbons (Fsp3) is 0.312. The molecule has 100 valence electrons. The van der Waals surface area contributed by atoms with E-state index in [2.05, 4.69) is 39.2 Å². The first-order valence-electron chi connectivity index (χ1n) is 6.22. The van der Waals surface area contributed by atoms with Crippen molar-refractivity contribution < 1.29 is 0 Å². The minimum atomic E-state index is 0.0485. The summed E-state index contributed by atoms with van der Waals surface area (Å²) in [5.41, 5.74) is 3.27. The van der Waals surface area contributed by atoms with E-state index >= 15 is 0 Å². The highest BCUT2D eigenvalue weighted by atomic mass is 35.5. The number of benzene rings is 1. The molecule has 0 saturated carbocycles. The van der Waals surface area contributed by atoms with Crippen LogP contribution in [-0.4, -0.2) is 11.2 Å². The van der Waals surface area contributed by atoms with Crippen LogP contribution in [0.25, 0.3) is 11.3 Å². The lowest BCUT2D eigenvalue weighted by atomic mass is 9.91.